The zero-order valence-electron chi connectivity index (χ0n) is 10.6. The molecule has 1 aromatic carbocycles. The van der Waals surface area contributed by atoms with E-state index in [-0.39, 0.29) is 17.6 Å². The van der Waals surface area contributed by atoms with Crippen molar-refractivity contribution in [2.24, 2.45) is 11.8 Å². The maximum atomic E-state index is 12.4. The van der Waals surface area contributed by atoms with Crippen molar-refractivity contribution in [3.05, 3.63) is 35.4 Å². The number of carboxylic acid groups (broad SMARTS) is 1. The van der Waals surface area contributed by atoms with Gasteiger partial charge in [0.15, 0.2) is 5.78 Å². The van der Waals surface area contributed by atoms with Crippen LogP contribution in [-0.2, 0) is 4.79 Å². The van der Waals surface area contributed by atoms with E-state index in [1.165, 1.54) is 0 Å². The van der Waals surface area contributed by atoms with E-state index < -0.39 is 5.97 Å². The molecule has 0 saturated heterocycles. The van der Waals surface area contributed by atoms with E-state index in [1.54, 1.807) is 0 Å². The highest BCUT2D eigenvalue weighted by Gasteiger charge is 2.31. The van der Waals surface area contributed by atoms with Gasteiger partial charge in [-0.25, -0.2) is 0 Å². The van der Waals surface area contributed by atoms with E-state index in [0.29, 0.717) is 12.8 Å². The number of carbonyl (C=O) groups is 2. The van der Waals surface area contributed by atoms with Crippen LogP contribution in [0.4, 0.5) is 0 Å². The van der Waals surface area contributed by atoms with Crippen LogP contribution in [0.1, 0.15) is 41.6 Å². The number of Topliss-reactive ketones (excluding diaryl/α,β-unsaturated/α-hetero) is 1. The summed E-state index contributed by atoms with van der Waals surface area (Å²) in [5, 5.41) is 9.05. The SMILES string of the molecule is Cc1ccccc1C(=O)[C@@H]1CCC[C@H](C(=O)O)C1. The molecule has 0 bridgehead atoms. The second-order valence-corrected chi connectivity index (χ2v) is 5.08. The summed E-state index contributed by atoms with van der Waals surface area (Å²) in [6.45, 7) is 1.92. The highest BCUT2D eigenvalue weighted by molar-refractivity contribution is 5.99. The number of benzene rings is 1. The van der Waals surface area contributed by atoms with Gasteiger partial charge in [0.2, 0.25) is 0 Å². The van der Waals surface area contributed by atoms with E-state index in [0.717, 1.165) is 24.0 Å². The van der Waals surface area contributed by atoms with Gasteiger partial charge in [-0.15, -0.1) is 0 Å². The molecule has 0 aromatic heterocycles. The van der Waals surface area contributed by atoms with Gasteiger partial charge in [-0.05, 0) is 31.7 Å². The fraction of sp³-hybridized carbons (Fsp3) is 0.467. The molecule has 1 aliphatic carbocycles. The van der Waals surface area contributed by atoms with Crippen LogP contribution >= 0.6 is 0 Å². The minimum Gasteiger partial charge on any atom is -0.481 e. The molecule has 0 amide bonds. The van der Waals surface area contributed by atoms with Gasteiger partial charge in [0.25, 0.3) is 0 Å². The van der Waals surface area contributed by atoms with Crippen molar-refractivity contribution in [2.75, 3.05) is 0 Å². The number of carbonyl (C=O) groups excluding carboxylic acids is 1. The molecule has 96 valence electrons. The van der Waals surface area contributed by atoms with Crippen LogP contribution in [0.2, 0.25) is 0 Å². The molecule has 1 N–H and O–H groups in total. The molecule has 1 saturated carbocycles. The minimum atomic E-state index is -0.766. The first-order valence-electron chi connectivity index (χ1n) is 6.42. The molecule has 0 spiro atoms. The summed E-state index contributed by atoms with van der Waals surface area (Å²) in [5.41, 5.74) is 1.72. The summed E-state index contributed by atoms with van der Waals surface area (Å²) < 4.78 is 0. The summed E-state index contributed by atoms with van der Waals surface area (Å²) in [7, 11) is 0. The molecule has 2 rings (SSSR count). The van der Waals surface area contributed by atoms with E-state index >= 15 is 0 Å². The van der Waals surface area contributed by atoms with Gasteiger partial charge >= 0.3 is 5.97 Å². The van der Waals surface area contributed by atoms with Crippen molar-refractivity contribution >= 4 is 11.8 Å². The third-order valence-corrected chi connectivity index (χ3v) is 3.80. The minimum absolute atomic E-state index is 0.110. The Balaban J connectivity index is 2.14. The van der Waals surface area contributed by atoms with Gasteiger partial charge in [-0.3, -0.25) is 9.59 Å². The number of aryl methyl sites for hydroxylation is 1. The lowest BCUT2D eigenvalue weighted by Gasteiger charge is -2.25. The molecule has 1 aromatic rings. The lowest BCUT2D eigenvalue weighted by Crippen LogP contribution is -2.27. The van der Waals surface area contributed by atoms with E-state index in [9.17, 15) is 9.59 Å². The van der Waals surface area contributed by atoms with Crippen LogP contribution < -0.4 is 0 Å². The van der Waals surface area contributed by atoms with Crippen molar-refractivity contribution in [2.45, 2.75) is 32.6 Å². The molecule has 3 heteroatoms. The molecule has 0 aliphatic heterocycles. The molecule has 1 fully saturated rings. The Labute approximate surface area is 107 Å². The first-order chi connectivity index (χ1) is 8.59. The summed E-state index contributed by atoms with van der Waals surface area (Å²) in [4.78, 5) is 23.4. The van der Waals surface area contributed by atoms with Gasteiger partial charge in [-0.2, -0.15) is 0 Å². The third-order valence-electron chi connectivity index (χ3n) is 3.80. The Morgan fingerprint density at radius 3 is 2.50 bits per heavy atom. The Morgan fingerprint density at radius 2 is 1.83 bits per heavy atom. The van der Waals surface area contributed by atoms with Crippen LogP contribution in [0.25, 0.3) is 0 Å². The molecule has 3 nitrogen and oxygen atoms in total. The van der Waals surface area contributed by atoms with Crippen molar-refractivity contribution in [1.82, 2.24) is 0 Å². The number of hydrogen-bond acceptors (Lipinski definition) is 2. The van der Waals surface area contributed by atoms with Crippen molar-refractivity contribution in [3.63, 3.8) is 0 Å². The molecule has 0 radical (unpaired) electrons. The number of aliphatic carboxylic acids is 1. The normalized spacial score (nSPS) is 23.6. The standard InChI is InChI=1S/C15H18O3/c1-10-5-2-3-8-13(10)14(16)11-6-4-7-12(9-11)15(17)18/h2-3,5,8,11-12H,4,6-7,9H2,1H3,(H,17,18)/t11-,12+/m1/s1. The van der Waals surface area contributed by atoms with Gasteiger partial charge in [0.05, 0.1) is 5.92 Å². The van der Waals surface area contributed by atoms with Crippen LogP contribution in [-0.4, -0.2) is 16.9 Å². The maximum Gasteiger partial charge on any atom is 0.306 e. The van der Waals surface area contributed by atoms with Gasteiger partial charge in [0.1, 0.15) is 0 Å². The van der Waals surface area contributed by atoms with Gasteiger partial charge < -0.3 is 5.11 Å². The second kappa shape index (κ2) is 5.34. The zero-order valence-corrected chi connectivity index (χ0v) is 10.6. The van der Waals surface area contributed by atoms with Crippen molar-refractivity contribution in [3.8, 4) is 0 Å². The van der Waals surface area contributed by atoms with Crippen LogP contribution in [0.15, 0.2) is 24.3 Å². The number of hydrogen-bond donors (Lipinski definition) is 1. The first kappa shape index (κ1) is 12.8. The van der Waals surface area contributed by atoms with Crippen LogP contribution in [0.5, 0.6) is 0 Å². The van der Waals surface area contributed by atoms with E-state index in [4.69, 9.17) is 5.11 Å². The summed E-state index contributed by atoms with van der Waals surface area (Å²) in [5.74, 6) is -1.13. The number of rotatable bonds is 3. The fourth-order valence-corrected chi connectivity index (χ4v) is 2.72. The second-order valence-electron chi connectivity index (χ2n) is 5.08. The topological polar surface area (TPSA) is 54.4 Å². The Bertz CT molecular complexity index is 465. The smallest absolute Gasteiger partial charge is 0.306 e. The summed E-state index contributed by atoms with van der Waals surface area (Å²) >= 11 is 0. The lowest BCUT2D eigenvalue weighted by molar-refractivity contribution is -0.143. The van der Waals surface area contributed by atoms with Crippen molar-refractivity contribution in [1.29, 1.82) is 0 Å². The fourth-order valence-electron chi connectivity index (χ4n) is 2.72. The molecular formula is C15H18O3. The monoisotopic (exact) mass is 246 g/mol. The summed E-state index contributed by atoms with van der Waals surface area (Å²) in [6.07, 6.45) is 2.84. The highest BCUT2D eigenvalue weighted by Crippen LogP contribution is 2.32. The van der Waals surface area contributed by atoms with Crippen LogP contribution in [0, 0.1) is 18.8 Å². The maximum absolute atomic E-state index is 12.4. The molecule has 0 unspecified atom stereocenters. The van der Waals surface area contributed by atoms with E-state index in [1.807, 2.05) is 31.2 Å². The Hall–Kier alpha value is -1.64. The van der Waals surface area contributed by atoms with Crippen LogP contribution in [0.3, 0.4) is 0 Å². The van der Waals surface area contributed by atoms with Gasteiger partial charge in [-0.1, -0.05) is 30.7 Å². The first-order valence-corrected chi connectivity index (χ1v) is 6.42. The van der Waals surface area contributed by atoms with Gasteiger partial charge in [0, 0.05) is 11.5 Å². The van der Waals surface area contributed by atoms with E-state index in [2.05, 4.69) is 0 Å². The Morgan fingerprint density at radius 1 is 1.17 bits per heavy atom. The molecule has 2 atom stereocenters. The highest BCUT2D eigenvalue weighted by atomic mass is 16.4. The molecular weight excluding hydrogens is 228 g/mol. The molecule has 0 heterocycles. The summed E-state index contributed by atoms with van der Waals surface area (Å²) in [6, 6.07) is 7.53. The number of carboxylic acids is 1. The zero-order chi connectivity index (χ0) is 13.1. The van der Waals surface area contributed by atoms with Crippen molar-refractivity contribution < 1.29 is 14.7 Å². The number of ketones is 1. The third kappa shape index (κ3) is 2.61. The molecule has 18 heavy (non-hydrogen) atoms. The average Bonchev–Trinajstić information content (AvgIpc) is 2.38. The quantitative estimate of drug-likeness (QED) is 0.834. The molecule has 1 aliphatic rings. The average molecular weight is 246 g/mol. The Kier molecular flexibility index (Phi) is 3.80. The largest absolute Gasteiger partial charge is 0.481 e. The lowest BCUT2D eigenvalue weighted by atomic mass is 9.77. The predicted molar refractivity (Wildman–Crippen MR) is 68.6 cm³/mol. The predicted octanol–water partition coefficient (Wildman–Crippen LogP) is 3.07.